The number of rotatable bonds is 6. The van der Waals surface area contributed by atoms with Crippen LogP contribution < -0.4 is 5.32 Å². The fourth-order valence-electron chi connectivity index (χ4n) is 1.71. The molecular formula is C13H13Cl2NO3S. The van der Waals surface area contributed by atoms with E-state index in [4.69, 9.17) is 28.3 Å². The van der Waals surface area contributed by atoms with Gasteiger partial charge in [-0.15, -0.1) is 11.8 Å². The van der Waals surface area contributed by atoms with Crippen LogP contribution >= 0.6 is 35.0 Å². The van der Waals surface area contributed by atoms with E-state index >= 15 is 0 Å². The molecular weight excluding hydrogens is 321 g/mol. The largest absolute Gasteiger partial charge is 0.480 e. The van der Waals surface area contributed by atoms with Gasteiger partial charge in [-0.25, -0.2) is 4.79 Å². The van der Waals surface area contributed by atoms with Crippen molar-refractivity contribution in [3.05, 3.63) is 33.8 Å². The number of carbonyl (C=O) groups is 2. The predicted octanol–water partition coefficient (Wildman–Crippen LogP) is 2.96. The molecule has 1 aliphatic rings. The van der Waals surface area contributed by atoms with Gasteiger partial charge in [-0.1, -0.05) is 29.3 Å². The summed E-state index contributed by atoms with van der Waals surface area (Å²) in [6, 6.07) is 5.21. The van der Waals surface area contributed by atoms with Gasteiger partial charge in [-0.2, -0.15) is 0 Å². The Bertz CT molecular complexity index is 546. The normalized spacial score (nSPS) is 15.7. The lowest BCUT2D eigenvalue weighted by Gasteiger charge is -2.12. The molecule has 0 radical (unpaired) electrons. The number of carboxylic acid groups (broad SMARTS) is 1. The van der Waals surface area contributed by atoms with Gasteiger partial charge < -0.3 is 10.4 Å². The molecule has 0 aliphatic heterocycles. The van der Waals surface area contributed by atoms with Gasteiger partial charge in [0, 0.05) is 15.8 Å². The second-order valence-electron chi connectivity index (χ2n) is 4.66. The van der Waals surface area contributed by atoms with Crippen LogP contribution in [0.4, 0.5) is 0 Å². The number of halogens is 2. The standard InChI is InChI=1S/C13H13Cl2NO3S/c14-9-2-1-8(10(15)5-9)6-20-7-11(17)16-13(3-4-13)12(18)19/h1-2,5H,3-4,6-7H2,(H,16,17)(H,18,19). The molecule has 0 aromatic heterocycles. The maximum absolute atomic E-state index is 11.7. The molecule has 0 saturated heterocycles. The molecule has 1 aromatic carbocycles. The number of carboxylic acids is 1. The first kappa shape index (κ1) is 15.5. The van der Waals surface area contributed by atoms with Gasteiger partial charge in [0.25, 0.3) is 0 Å². The van der Waals surface area contributed by atoms with Crippen LogP contribution in [-0.2, 0) is 15.3 Å². The average Bonchev–Trinajstić information content (AvgIpc) is 3.13. The Hall–Kier alpha value is -0.910. The lowest BCUT2D eigenvalue weighted by atomic mass is 10.2. The summed E-state index contributed by atoms with van der Waals surface area (Å²) in [6.45, 7) is 0. The molecule has 0 heterocycles. The third-order valence-corrected chi connectivity index (χ3v) is 4.61. The van der Waals surface area contributed by atoms with Crippen LogP contribution in [0.2, 0.25) is 10.0 Å². The summed E-state index contributed by atoms with van der Waals surface area (Å²) in [6.07, 6.45) is 1.00. The summed E-state index contributed by atoms with van der Waals surface area (Å²) in [5, 5.41) is 12.7. The third kappa shape index (κ3) is 3.81. The fourth-order valence-corrected chi connectivity index (χ4v) is 3.10. The van der Waals surface area contributed by atoms with Crippen LogP contribution in [0.25, 0.3) is 0 Å². The van der Waals surface area contributed by atoms with Gasteiger partial charge in [0.2, 0.25) is 5.91 Å². The van der Waals surface area contributed by atoms with E-state index in [0.717, 1.165) is 5.56 Å². The van der Waals surface area contributed by atoms with Gasteiger partial charge in [-0.05, 0) is 30.5 Å². The zero-order valence-corrected chi connectivity index (χ0v) is 12.8. The minimum Gasteiger partial charge on any atom is -0.480 e. The van der Waals surface area contributed by atoms with E-state index in [0.29, 0.717) is 28.6 Å². The van der Waals surface area contributed by atoms with Crippen molar-refractivity contribution in [1.29, 1.82) is 0 Å². The molecule has 7 heteroatoms. The Kier molecular flexibility index (Phi) is 4.83. The van der Waals surface area contributed by atoms with Crippen LogP contribution in [0.5, 0.6) is 0 Å². The Morgan fingerprint density at radius 3 is 2.60 bits per heavy atom. The van der Waals surface area contributed by atoms with E-state index in [1.807, 2.05) is 6.07 Å². The van der Waals surface area contributed by atoms with E-state index in [9.17, 15) is 9.59 Å². The van der Waals surface area contributed by atoms with Crippen molar-refractivity contribution in [3.8, 4) is 0 Å². The molecule has 4 nitrogen and oxygen atoms in total. The summed E-state index contributed by atoms with van der Waals surface area (Å²) < 4.78 is 0. The second-order valence-corrected chi connectivity index (χ2v) is 6.49. The summed E-state index contributed by atoms with van der Waals surface area (Å²) in [4.78, 5) is 22.6. The Morgan fingerprint density at radius 1 is 1.35 bits per heavy atom. The van der Waals surface area contributed by atoms with Crippen molar-refractivity contribution in [3.63, 3.8) is 0 Å². The zero-order chi connectivity index (χ0) is 14.8. The minimum atomic E-state index is -1.02. The lowest BCUT2D eigenvalue weighted by Crippen LogP contribution is -2.43. The van der Waals surface area contributed by atoms with Crippen molar-refractivity contribution >= 4 is 46.8 Å². The van der Waals surface area contributed by atoms with Crippen molar-refractivity contribution in [2.45, 2.75) is 24.1 Å². The number of nitrogens with one attached hydrogen (secondary N) is 1. The molecule has 0 unspecified atom stereocenters. The third-order valence-electron chi connectivity index (χ3n) is 3.04. The van der Waals surface area contributed by atoms with Gasteiger partial charge in [0.15, 0.2) is 0 Å². The van der Waals surface area contributed by atoms with Crippen molar-refractivity contribution in [1.82, 2.24) is 5.32 Å². The number of hydrogen-bond donors (Lipinski definition) is 2. The average molecular weight is 334 g/mol. The highest BCUT2D eigenvalue weighted by Gasteiger charge is 2.51. The number of amides is 1. The zero-order valence-electron chi connectivity index (χ0n) is 10.5. The monoisotopic (exact) mass is 333 g/mol. The topological polar surface area (TPSA) is 66.4 Å². The van der Waals surface area contributed by atoms with Crippen molar-refractivity contribution in [2.75, 3.05) is 5.75 Å². The number of benzene rings is 1. The number of carbonyl (C=O) groups excluding carboxylic acids is 1. The summed E-state index contributed by atoms with van der Waals surface area (Å²) in [7, 11) is 0. The van der Waals surface area contributed by atoms with Crippen LogP contribution in [0.3, 0.4) is 0 Å². The molecule has 1 saturated carbocycles. The van der Waals surface area contributed by atoms with E-state index in [-0.39, 0.29) is 11.7 Å². The lowest BCUT2D eigenvalue weighted by molar-refractivity contribution is -0.142. The highest BCUT2D eigenvalue weighted by atomic mass is 35.5. The molecule has 1 fully saturated rings. The predicted molar refractivity (Wildman–Crippen MR) is 80.4 cm³/mol. The first-order valence-electron chi connectivity index (χ1n) is 5.99. The van der Waals surface area contributed by atoms with Crippen LogP contribution in [0, 0.1) is 0 Å². The molecule has 2 rings (SSSR count). The van der Waals surface area contributed by atoms with Gasteiger partial charge >= 0.3 is 5.97 Å². The summed E-state index contributed by atoms with van der Waals surface area (Å²) >= 11 is 13.2. The Morgan fingerprint density at radius 2 is 2.05 bits per heavy atom. The maximum Gasteiger partial charge on any atom is 0.329 e. The highest BCUT2D eigenvalue weighted by molar-refractivity contribution is 7.99. The molecule has 1 aromatic rings. The number of hydrogen-bond acceptors (Lipinski definition) is 3. The summed E-state index contributed by atoms with van der Waals surface area (Å²) in [5.41, 5.74) is -0.122. The van der Waals surface area contributed by atoms with E-state index in [1.165, 1.54) is 11.8 Å². The smallest absolute Gasteiger partial charge is 0.329 e. The van der Waals surface area contributed by atoms with E-state index in [2.05, 4.69) is 5.32 Å². The maximum atomic E-state index is 11.7. The van der Waals surface area contributed by atoms with Gasteiger partial charge in [0.1, 0.15) is 5.54 Å². The minimum absolute atomic E-state index is 0.202. The van der Waals surface area contributed by atoms with Crippen LogP contribution in [-0.4, -0.2) is 28.3 Å². The Balaban J connectivity index is 1.78. The molecule has 0 spiro atoms. The molecule has 2 N–H and O–H groups in total. The summed E-state index contributed by atoms with van der Waals surface area (Å²) in [5.74, 6) is -0.450. The molecule has 0 bridgehead atoms. The van der Waals surface area contributed by atoms with E-state index in [1.54, 1.807) is 12.1 Å². The quantitative estimate of drug-likeness (QED) is 0.839. The highest BCUT2D eigenvalue weighted by Crippen LogP contribution is 2.35. The molecule has 0 atom stereocenters. The SMILES string of the molecule is O=C(CSCc1ccc(Cl)cc1Cl)NC1(C(=O)O)CC1. The van der Waals surface area contributed by atoms with Crippen LogP contribution in [0.1, 0.15) is 18.4 Å². The van der Waals surface area contributed by atoms with E-state index < -0.39 is 11.5 Å². The van der Waals surface area contributed by atoms with Crippen LogP contribution in [0.15, 0.2) is 18.2 Å². The first-order valence-corrected chi connectivity index (χ1v) is 7.90. The van der Waals surface area contributed by atoms with Crippen molar-refractivity contribution < 1.29 is 14.7 Å². The van der Waals surface area contributed by atoms with Gasteiger partial charge in [-0.3, -0.25) is 4.79 Å². The molecule has 20 heavy (non-hydrogen) atoms. The molecule has 1 aliphatic carbocycles. The molecule has 1 amide bonds. The number of aliphatic carboxylic acids is 1. The fraction of sp³-hybridized carbons (Fsp3) is 0.385. The number of thioether (sulfide) groups is 1. The van der Waals surface area contributed by atoms with Crippen molar-refractivity contribution in [2.24, 2.45) is 0 Å². The molecule has 108 valence electrons. The second kappa shape index (κ2) is 6.24. The Labute approximate surface area is 130 Å². The first-order chi connectivity index (χ1) is 9.43. The van der Waals surface area contributed by atoms with Gasteiger partial charge in [0.05, 0.1) is 5.75 Å².